The van der Waals surface area contributed by atoms with E-state index in [9.17, 15) is 14.7 Å². The lowest BCUT2D eigenvalue weighted by Gasteiger charge is -2.15. The van der Waals surface area contributed by atoms with Gasteiger partial charge in [-0.25, -0.2) is 9.78 Å². The SMILES string of the molecule is CC(C)C.COCCCOc1cc2c(nc1C1CC1)-c1cc(=O)c(C(=O)O)cn1CCO2. The van der Waals surface area contributed by atoms with Gasteiger partial charge in [0, 0.05) is 44.4 Å². The number of carbonyl (C=O) groups is 1. The van der Waals surface area contributed by atoms with E-state index in [1.54, 1.807) is 11.7 Å². The molecule has 0 amide bonds. The maximum Gasteiger partial charge on any atom is 0.341 e. The summed E-state index contributed by atoms with van der Waals surface area (Å²) in [6.07, 6.45) is 4.23. The second kappa shape index (κ2) is 10.6. The maximum atomic E-state index is 12.3. The van der Waals surface area contributed by atoms with E-state index in [-0.39, 0.29) is 5.56 Å². The molecule has 1 N–H and O–H groups in total. The third kappa shape index (κ3) is 5.88. The fourth-order valence-electron chi connectivity index (χ4n) is 3.31. The van der Waals surface area contributed by atoms with Crippen molar-refractivity contribution in [3.05, 3.63) is 39.8 Å². The van der Waals surface area contributed by atoms with Crippen LogP contribution in [0.1, 0.15) is 62.0 Å². The number of aromatic carboxylic acids is 1. The number of carboxylic acids is 1. The van der Waals surface area contributed by atoms with Crippen LogP contribution in [-0.2, 0) is 11.3 Å². The molecule has 3 heterocycles. The molecule has 0 spiro atoms. The fraction of sp³-hybridized carbons (Fsp3) is 0.542. The lowest BCUT2D eigenvalue weighted by Crippen LogP contribution is -2.19. The number of methoxy groups -OCH3 is 1. The standard InChI is InChI=1S/C20H22N2O6.C4H10/c1-26-6-2-7-27-16-10-17-19(21-18(16)12-3-4-12)14-9-15(23)13(20(24)25)11-22(14)5-8-28-17;1-4(2)3/h9-12H,2-8H2,1H3,(H,24,25);4H,1-3H3. The molecule has 0 atom stereocenters. The van der Waals surface area contributed by atoms with Gasteiger partial charge in [-0.1, -0.05) is 20.8 Å². The molecule has 1 aliphatic carbocycles. The van der Waals surface area contributed by atoms with E-state index in [1.165, 1.54) is 12.3 Å². The molecule has 0 saturated heterocycles. The van der Waals surface area contributed by atoms with E-state index in [1.807, 2.05) is 6.07 Å². The third-order valence-corrected chi connectivity index (χ3v) is 4.89. The number of carboxylic acid groups (broad SMARTS) is 1. The van der Waals surface area contributed by atoms with Gasteiger partial charge in [-0.3, -0.25) is 4.79 Å². The normalized spacial score (nSPS) is 14.4. The number of rotatable bonds is 7. The van der Waals surface area contributed by atoms with Crippen molar-refractivity contribution in [3.8, 4) is 22.9 Å². The van der Waals surface area contributed by atoms with Crippen LogP contribution in [0, 0.1) is 5.92 Å². The minimum absolute atomic E-state index is 0.257. The van der Waals surface area contributed by atoms with Crippen molar-refractivity contribution in [1.29, 1.82) is 0 Å². The molecule has 0 bridgehead atoms. The molecule has 4 rings (SSSR count). The summed E-state index contributed by atoms with van der Waals surface area (Å²) in [7, 11) is 1.66. The molecular weight excluding hydrogens is 412 g/mol. The smallest absolute Gasteiger partial charge is 0.341 e. The molecular formula is C24H32N2O6. The molecule has 1 fully saturated rings. The van der Waals surface area contributed by atoms with Gasteiger partial charge in [-0.2, -0.15) is 0 Å². The van der Waals surface area contributed by atoms with Crippen LogP contribution < -0.4 is 14.9 Å². The summed E-state index contributed by atoms with van der Waals surface area (Å²) < 4.78 is 18.6. The zero-order valence-corrected chi connectivity index (χ0v) is 19.2. The fourth-order valence-corrected chi connectivity index (χ4v) is 3.31. The van der Waals surface area contributed by atoms with Gasteiger partial charge in [0.15, 0.2) is 11.2 Å². The number of fused-ring (bicyclic) bond motifs is 3. The summed E-state index contributed by atoms with van der Waals surface area (Å²) in [5, 5.41) is 9.23. The summed E-state index contributed by atoms with van der Waals surface area (Å²) in [6, 6.07) is 3.17. The Balaban J connectivity index is 0.000000668. The van der Waals surface area contributed by atoms with Gasteiger partial charge in [0.2, 0.25) is 0 Å². The zero-order chi connectivity index (χ0) is 23.3. The number of hydrogen-bond acceptors (Lipinski definition) is 6. The van der Waals surface area contributed by atoms with Crippen molar-refractivity contribution in [3.63, 3.8) is 0 Å². The summed E-state index contributed by atoms with van der Waals surface area (Å²) in [4.78, 5) is 28.4. The highest BCUT2D eigenvalue weighted by molar-refractivity contribution is 5.87. The van der Waals surface area contributed by atoms with Crippen LogP contribution in [0.4, 0.5) is 0 Å². The van der Waals surface area contributed by atoms with Gasteiger partial charge in [0.25, 0.3) is 0 Å². The first-order valence-corrected chi connectivity index (χ1v) is 11.1. The topological polar surface area (TPSA) is 99.9 Å². The number of hydrogen-bond donors (Lipinski definition) is 1. The van der Waals surface area contributed by atoms with Crippen LogP contribution in [0.15, 0.2) is 23.1 Å². The first-order valence-electron chi connectivity index (χ1n) is 11.1. The Bertz CT molecular complexity index is 1010. The molecule has 0 aromatic carbocycles. The monoisotopic (exact) mass is 444 g/mol. The molecule has 32 heavy (non-hydrogen) atoms. The summed E-state index contributed by atoms with van der Waals surface area (Å²) in [5.74, 6) is 1.18. The Kier molecular flexibility index (Phi) is 7.90. The van der Waals surface area contributed by atoms with Gasteiger partial charge < -0.3 is 23.9 Å². The quantitative estimate of drug-likeness (QED) is 0.645. The largest absolute Gasteiger partial charge is 0.491 e. The van der Waals surface area contributed by atoms with Crippen molar-refractivity contribution in [2.45, 2.75) is 52.5 Å². The van der Waals surface area contributed by atoms with E-state index in [0.717, 1.165) is 30.9 Å². The van der Waals surface area contributed by atoms with Crippen LogP contribution in [-0.4, -0.2) is 47.6 Å². The molecule has 0 unspecified atom stereocenters. The number of aromatic nitrogens is 2. The maximum absolute atomic E-state index is 12.3. The van der Waals surface area contributed by atoms with E-state index < -0.39 is 11.4 Å². The van der Waals surface area contributed by atoms with Gasteiger partial charge in [0.05, 0.1) is 24.5 Å². The van der Waals surface area contributed by atoms with Crippen molar-refractivity contribution < 1.29 is 24.1 Å². The highest BCUT2D eigenvalue weighted by atomic mass is 16.5. The molecule has 1 saturated carbocycles. The van der Waals surface area contributed by atoms with E-state index in [2.05, 4.69) is 20.8 Å². The van der Waals surface area contributed by atoms with Crippen LogP contribution in [0.2, 0.25) is 0 Å². The average molecular weight is 445 g/mol. The lowest BCUT2D eigenvalue weighted by molar-refractivity contribution is 0.0694. The minimum atomic E-state index is -1.24. The van der Waals surface area contributed by atoms with Crippen molar-refractivity contribution in [1.82, 2.24) is 9.55 Å². The highest BCUT2D eigenvalue weighted by Gasteiger charge is 2.31. The molecule has 174 valence electrons. The van der Waals surface area contributed by atoms with Gasteiger partial charge in [-0.15, -0.1) is 0 Å². The average Bonchev–Trinajstić information content (AvgIpc) is 3.57. The van der Waals surface area contributed by atoms with Crippen molar-refractivity contribution in [2.75, 3.05) is 26.9 Å². The highest BCUT2D eigenvalue weighted by Crippen LogP contribution is 2.46. The Morgan fingerprint density at radius 2 is 2.00 bits per heavy atom. The van der Waals surface area contributed by atoms with Gasteiger partial charge in [0.1, 0.15) is 23.6 Å². The van der Waals surface area contributed by atoms with Gasteiger partial charge in [-0.05, 0) is 18.8 Å². The second-order valence-electron chi connectivity index (χ2n) is 8.70. The van der Waals surface area contributed by atoms with Crippen LogP contribution >= 0.6 is 0 Å². The number of pyridine rings is 2. The number of nitrogens with zero attached hydrogens (tertiary/aromatic N) is 2. The molecule has 2 aromatic heterocycles. The van der Waals surface area contributed by atoms with E-state index in [0.29, 0.717) is 55.2 Å². The van der Waals surface area contributed by atoms with Gasteiger partial charge >= 0.3 is 5.97 Å². The molecule has 2 aromatic rings. The lowest BCUT2D eigenvalue weighted by atomic mass is 10.1. The molecule has 1 aliphatic heterocycles. The number of ether oxygens (including phenoxy) is 3. The summed E-state index contributed by atoms with van der Waals surface area (Å²) >= 11 is 0. The van der Waals surface area contributed by atoms with Crippen LogP contribution in [0.5, 0.6) is 11.5 Å². The predicted molar refractivity (Wildman–Crippen MR) is 121 cm³/mol. The molecule has 0 radical (unpaired) electrons. The summed E-state index contributed by atoms with van der Waals surface area (Å²) in [5.41, 5.74) is 1.19. The molecule has 2 aliphatic rings. The Labute approximate surface area is 188 Å². The van der Waals surface area contributed by atoms with E-state index in [4.69, 9.17) is 19.2 Å². The Morgan fingerprint density at radius 1 is 1.28 bits per heavy atom. The Morgan fingerprint density at radius 3 is 2.62 bits per heavy atom. The van der Waals surface area contributed by atoms with Crippen molar-refractivity contribution in [2.24, 2.45) is 5.92 Å². The first kappa shape index (κ1) is 23.8. The van der Waals surface area contributed by atoms with E-state index >= 15 is 0 Å². The first-order chi connectivity index (χ1) is 15.3. The van der Waals surface area contributed by atoms with Crippen LogP contribution in [0.25, 0.3) is 11.4 Å². The Hall–Kier alpha value is -2.87. The predicted octanol–water partition coefficient (Wildman–Crippen LogP) is 3.96. The van der Waals surface area contributed by atoms with Crippen LogP contribution in [0.3, 0.4) is 0 Å². The minimum Gasteiger partial charge on any atom is -0.491 e. The summed E-state index contributed by atoms with van der Waals surface area (Å²) in [6.45, 7) is 8.41. The van der Waals surface area contributed by atoms with Crippen molar-refractivity contribution >= 4 is 5.97 Å². The molecule has 8 heteroatoms. The second-order valence-corrected chi connectivity index (χ2v) is 8.70. The zero-order valence-electron chi connectivity index (χ0n) is 19.2. The third-order valence-electron chi connectivity index (χ3n) is 4.89. The molecule has 8 nitrogen and oxygen atoms in total.